The van der Waals surface area contributed by atoms with Gasteiger partial charge >= 0.3 is 0 Å². The third-order valence-corrected chi connectivity index (χ3v) is 3.06. The Morgan fingerprint density at radius 2 is 2.13 bits per heavy atom. The maximum absolute atomic E-state index is 11.8. The quantitative estimate of drug-likeness (QED) is 0.740. The molecule has 2 aromatic rings. The minimum Gasteiger partial charge on any atom is -0.294 e. The average Bonchev–Trinajstić information content (AvgIpc) is 2.65. The van der Waals surface area contributed by atoms with E-state index in [1.165, 1.54) is 4.88 Å². The fraction of sp³-hybridized carbons (Fsp3) is 0.167. The molecule has 0 aromatic carbocycles. The van der Waals surface area contributed by atoms with Crippen LogP contribution < -0.4 is 0 Å². The van der Waals surface area contributed by atoms with E-state index >= 15 is 0 Å². The first-order chi connectivity index (χ1) is 7.25. The van der Waals surface area contributed by atoms with Crippen molar-refractivity contribution in [3.63, 3.8) is 0 Å². The van der Waals surface area contributed by atoms with Crippen molar-refractivity contribution < 1.29 is 4.79 Å². The van der Waals surface area contributed by atoms with Crippen molar-refractivity contribution in [2.75, 3.05) is 0 Å². The summed E-state index contributed by atoms with van der Waals surface area (Å²) in [5, 5.41) is 2.04. The van der Waals surface area contributed by atoms with Crippen LogP contribution >= 0.6 is 11.3 Å². The summed E-state index contributed by atoms with van der Waals surface area (Å²) in [7, 11) is 0. The van der Waals surface area contributed by atoms with Gasteiger partial charge in [0, 0.05) is 29.3 Å². The first-order valence-electron chi connectivity index (χ1n) is 4.73. The zero-order chi connectivity index (χ0) is 10.7. The molecular formula is C12H11NOS. The van der Waals surface area contributed by atoms with Crippen molar-refractivity contribution in [2.24, 2.45) is 0 Å². The topological polar surface area (TPSA) is 30.0 Å². The fourth-order valence-corrected chi connectivity index (χ4v) is 2.12. The summed E-state index contributed by atoms with van der Waals surface area (Å²) in [5.41, 5.74) is 1.83. The van der Waals surface area contributed by atoms with Gasteiger partial charge in [-0.3, -0.25) is 9.78 Å². The van der Waals surface area contributed by atoms with Gasteiger partial charge in [0.05, 0.1) is 0 Å². The van der Waals surface area contributed by atoms with Crippen molar-refractivity contribution >= 4 is 17.1 Å². The largest absolute Gasteiger partial charge is 0.294 e. The molecular weight excluding hydrogens is 206 g/mol. The highest BCUT2D eigenvalue weighted by Crippen LogP contribution is 2.15. The van der Waals surface area contributed by atoms with Gasteiger partial charge in [-0.05, 0) is 36.1 Å². The molecule has 0 unspecified atom stereocenters. The smallest absolute Gasteiger partial charge is 0.167 e. The highest BCUT2D eigenvalue weighted by atomic mass is 32.1. The minimum atomic E-state index is 0.148. The van der Waals surface area contributed by atoms with Gasteiger partial charge in [-0.25, -0.2) is 0 Å². The number of pyridine rings is 1. The van der Waals surface area contributed by atoms with Crippen LogP contribution in [0.3, 0.4) is 0 Å². The van der Waals surface area contributed by atoms with Crippen molar-refractivity contribution in [2.45, 2.75) is 13.3 Å². The van der Waals surface area contributed by atoms with Crippen LogP contribution in [0.5, 0.6) is 0 Å². The molecule has 0 saturated carbocycles. The molecule has 15 heavy (non-hydrogen) atoms. The van der Waals surface area contributed by atoms with Crippen molar-refractivity contribution in [1.82, 2.24) is 4.98 Å². The van der Waals surface area contributed by atoms with Gasteiger partial charge in [-0.15, -0.1) is 11.3 Å². The van der Waals surface area contributed by atoms with E-state index in [-0.39, 0.29) is 5.78 Å². The summed E-state index contributed by atoms with van der Waals surface area (Å²) in [5.74, 6) is 0.148. The molecule has 3 heteroatoms. The Morgan fingerprint density at radius 1 is 1.40 bits per heavy atom. The minimum absolute atomic E-state index is 0.148. The number of Topliss-reactive ketones (excluding diaryl/α,β-unsaturated/α-hetero) is 1. The Bertz CT molecular complexity index is 461. The van der Waals surface area contributed by atoms with Gasteiger partial charge in [-0.1, -0.05) is 0 Å². The van der Waals surface area contributed by atoms with Crippen LogP contribution in [0.2, 0.25) is 0 Å². The molecule has 2 heterocycles. The van der Waals surface area contributed by atoms with Gasteiger partial charge < -0.3 is 0 Å². The lowest BCUT2D eigenvalue weighted by Gasteiger charge is -1.97. The predicted octanol–water partition coefficient (Wildman–Crippen LogP) is 2.88. The highest BCUT2D eigenvalue weighted by Gasteiger charge is 2.07. The monoisotopic (exact) mass is 217 g/mol. The molecule has 0 spiro atoms. The highest BCUT2D eigenvalue weighted by molar-refractivity contribution is 7.10. The van der Waals surface area contributed by atoms with E-state index in [1.807, 2.05) is 12.3 Å². The number of aryl methyl sites for hydroxylation is 1. The van der Waals surface area contributed by atoms with Gasteiger partial charge in [0.2, 0.25) is 0 Å². The summed E-state index contributed by atoms with van der Waals surface area (Å²) in [6, 6.07) is 5.56. The molecule has 0 N–H and O–H groups in total. The molecule has 0 fully saturated rings. The molecule has 0 aliphatic carbocycles. The van der Waals surface area contributed by atoms with E-state index in [9.17, 15) is 4.79 Å². The van der Waals surface area contributed by atoms with Crippen LogP contribution in [0, 0.1) is 6.92 Å². The van der Waals surface area contributed by atoms with E-state index in [0.717, 1.165) is 11.1 Å². The molecule has 0 aliphatic rings. The van der Waals surface area contributed by atoms with Crippen LogP contribution in [0.15, 0.2) is 36.0 Å². The Hall–Kier alpha value is -1.48. The number of rotatable bonds is 3. The predicted molar refractivity (Wildman–Crippen MR) is 61.3 cm³/mol. The van der Waals surface area contributed by atoms with Crippen molar-refractivity contribution in [3.8, 4) is 0 Å². The second-order valence-electron chi connectivity index (χ2n) is 3.40. The first kappa shape index (κ1) is 10.1. The van der Waals surface area contributed by atoms with Gasteiger partial charge in [0.25, 0.3) is 0 Å². The third-order valence-electron chi connectivity index (χ3n) is 2.15. The van der Waals surface area contributed by atoms with E-state index < -0.39 is 0 Å². The van der Waals surface area contributed by atoms with E-state index in [4.69, 9.17) is 0 Å². The fourth-order valence-electron chi connectivity index (χ4n) is 1.42. The molecule has 0 atom stereocenters. The molecule has 0 aliphatic heterocycles. The summed E-state index contributed by atoms with van der Waals surface area (Å²) >= 11 is 1.68. The first-order valence-corrected chi connectivity index (χ1v) is 5.61. The maximum atomic E-state index is 11.8. The molecule has 0 amide bonds. The van der Waals surface area contributed by atoms with E-state index in [0.29, 0.717) is 6.42 Å². The standard InChI is InChI=1S/C12H11NOS/c1-9-6-10(8-15-9)7-12(14)11-2-4-13-5-3-11/h2-6,8H,7H2,1H3. The zero-order valence-corrected chi connectivity index (χ0v) is 9.25. The molecule has 2 aromatic heterocycles. The van der Waals surface area contributed by atoms with Gasteiger partial charge in [-0.2, -0.15) is 0 Å². The van der Waals surface area contributed by atoms with Crippen LogP contribution in [-0.4, -0.2) is 10.8 Å². The molecule has 0 radical (unpaired) electrons. The van der Waals surface area contributed by atoms with E-state index in [1.54, 1.807) is 35.9 Å². The third kappa shape index (κ3) is 2.50. The molecule has 0 saturated heterocycles. The second-order valence-corrected chi connectivity index (χ2v) is 4.52. The summed E-state index contributed by atoms with van der Waals surface area (Å²) in [4.78, 5) is 16.9. The lowest BCUT2D eigenvalue weighted by Crippen LogP contribution is -2.02. The number of carbonyl (C=O) groups is 1. The van der Waals surface area contributed by atoms with Gasteiger partial charge in [0.1, 0.15) is 0 Å². The Morgan fingerprint density at radius 3 is 2.73 bits per heavy atom. The number of hydrogen-bond acceptors (Lipinski definition) is 3. The number of ketones is 1. The second kappa shape index (κ2) is 4.36. The molecule has 0 bridgehead atoms. The average molecular weight is 217 g/mol. The summed E-state index contributed by atoms with van der Waals surface area (Å²) in [6.07, 6.45) is 3.77. The van der Waals surface area contributed by atoms with Crippen molar-refractivity contribution in [3.05, 3.63) is 52.0 Å². The van der Waals surface area contributed by atoms with Crippen molar-refractivity contribution in [1.29, 1.82) is 0 Å². The lowest BCUT2D eigenvalue weighted by atomic mass is 10.1. The van der Waals surface area contributed by atoms with Crippen LogP contribution in [0.4, 0.5) is 0 Å². The SMILES string of the molecule is Cc1cc(CC(=O)c2ccncc2)cs1. The van der Waals surface area contributed by atoms with E-state index in [2.05, 4.69) is 11.1 Å². The summed E-state index contributed by atoms with van der Waals surface area (Å²) in [6.45, 7) is 2.05. The Labute approximate surface area is 92.6 Å². The number of carbonyl (C=O) groups excluding carboxylic acids is 1. The van der Waals surface area contributed by atoms with Gasteiger partial charge in [0.15, 0.2) is 5.78 Å². The van der Waals surface area contributed by atoms with Crippen LogP contribution in [0.1, 0.15) is 20.8 Å². The van der Waals surface area contributed by atoms with Crippen LogP contribution in [0.25, 0.3) is 0 Å². The molecule has 2 rings (SSSR count). The zero-order valence-electron chi connectivity index (χ0n) is 8.43. The maximum Gasteiger partial charge on any atom is 0.167 e. The number of hydrogen-bond donors (Lipinski definition) is 0. The molecule has 2 nitrogen and oxygen atoms in total. The number of thiophene rings is 1. The Kier molecular flexibility index (Phi) is 2.92. The van der Waals surface area contributed by atoms with Crippen LogP contribution in [-0.2, 0) is 6.42 Å². The lowest BCUT2D eigenvalue weighted by molar-refractivity contribution is 0.0993. The number of aromatic nitrogens is 1. The number of nitrogens with zero attached hydrogens (tertiary/aromatic N) is 1. The molecule has 76 valence electrons. The normalized spacial score (nSPS) is 10.2. The Balaban J connectivity index is 2.11. The summed E-state index contributed by atoms with van der Waals surface area (Å²) < 4.78 is 0.